The lowest BCUT2D eigenvalue weighted by Crippen LogP contribution is -2.47. The summed E-state index contributed by atoms with van der Waals surface area (Å²) in [5.41, 5.74) is 1.46. The average molecular weight is 367 g/mol. The zero-order valence-electron chi connectivity index (χ0n) is 15.4. The Morgan fingerprint density at radius 3 is 2.92 bits per heavy atom. The van der Waals surface area contributed by atoms with E-state index in [0.717, 1.165) is 51.9 Å². The van der Waals surface area contributed by atoms with Crippen LogP contribution in [0.5, 0.6) is 0 Å². The summed E-state index contributed by atoms with van der Waals surface area (Å²) >= 11 is 1.77. The summed E-state index contributed by atoms with van der Waals surface area (Å²) in [5.74, 6) is 0.587. The molecule has 2 saturated heterocycles. The lowest BCUT2D eigenvalue weighted by molar-refractivity contribution is -0.133. The van der Waals surface area contributed by atoms with Crippen molar-refractivity contribution in [2.45, 2.75) is 37.8 Å². The Hall–Kier alpha value is -0.950. The Morgan fingerprint density at radius 2 is 2.24 bits per heavy atom. The first kappa shape index (κ1) is 18.8. The van der Waals surface area contributed by atoms with Crippen molar-refractivity contribution in [2.75, 3.05) is 47.0 Å². The van der Waals surface area contributed by atoms with E-state index in [1.54, 1.807) is 30.3 Å². The number of carbonyl (C=O) groups is 1. The summed E-state index contributed by atoms with van der Waals surface area (Å²) in [7, 11) is 3.52. The molecule has 1 amide bonds. The number of rotatable bonds is 7. The molecular weight excluding hydrogens is 336 g/mol. The first-order valence-electron chi connectivity index (χ1n) is 9.24. The average Bonchev–Trinajstić information content (AvgIpc) is 3.24. The normalized spacial score (nSPS) is 23.2. The van der Waals surface area contributed by atoms with Gasteiger partial charge in [0, 0.05) is 46.9 Å². The molecule has 5 nitrogen and oxygen atoms in total. The van der Waals surface area contributed by atoms with Crippen LogP contribution in [0, 0.1) is 5.92 Å². The Kier molecular flexibility index (Phi) is 6.49. The minimum absolute atomic E-state index is 0.0270. The first-order valence-corrected chi connectivity index (χ1v) is 10.2. The van der Waals surface area contributed by atoms with Crippen molar-refractivity contribution in [3.63, 3.8) is 0 Å². The molecule has 1 aromatic heterocycles. The van der Waals surface area contributed by atoms with Crippen LogP contribution < -0.4 is 0 Å². The van der Waals surface area contributed by atoms with Crippen LogP contribution >= 0.6 is 11.3 Å². The van der Waals surface area contributed by atoms with Gasteiger partial charge < -0.3 is 14.4 Å². The maximum atomic E-state index is 11.6. The summed E-state index contributed by atoms with van der Waals surface area (Å²) in [6, 6.07) is 2.22. The fraction of sp³-hybridized carbons (Fsp3) is 0.737. The standard InChI is InChI=1S/C19H30N2O3S/c1-20(2)18(22)14-23-10-3-17-4-11-24-19(17)6-8-21(9-7-19)13-16-5-12-25-15-16/h5,12,15,17H,3-4,6-11,13-14H2,1-2H3/t17-/m0/s1. The van der Waals surface area contributed by atoms with E-state index in [-0.39, 0.29) is 18.1 Å². The van der Waals surface area contributed by atoms with Crippen LogP contribution in [0.1, 0.15) is 31.2 Å². The quantitative estimate of drug-likeness (QED) is 0.696. The Balaban J connectivity index is 1.43. The van der Waals surface area contributed by atoms with E-state index in [4.69, 9.17) is 9.47 Å². The molecule has 2 aliphatic rings. The highest BCUT2D eigenvalue weighted by atomic mass is 32.1. The molecule has 3 heterocycles. The monoisotopic (exact) mass is 366 g/mol. The molecule has 0 aliphatic carbocycles. The minimum Gasteiger partial charge on any atom is -0.375 e. The Labute approximate surface area is 154 Å². The highest BCUT2D eigenvalue weighted by Gasteiger charge is 2.45. The molecule has 1 aromatic rings. The summed E-state index contributed by atoms with van der Waals surface area (Å²) in [6.45, 7) is 4.96. The Bertz CT molecular complexity index is 539. The molecule has 1 spiro atoms. The molecule has 0 saturated carbocycles. The van der Waals surface area contributed by atoms with Crippen LogP contribution in [-0.4, -0.2) is 68.3 Å². The molecule has 3 rings (SSSR count). The minimum atomic E-state index is 0.0270. The van der Waals surface area contributed by atoms with Gasteiger partial charge in [-0.15, -0.1) is 0 Å². The van der Waals surface area contributed by atoms with Crippen molar-refractivity contribution >= 4 is 17.2 Å². The van der Waals surface area contributed by atoms with E-state index in [1.165, 1.54) is 5.56 Å². The highest BCUT2D eigenvalue weighted by Crippen LogP contribution is 2.42. The summed E-state index contributed by atoms with van der Waals surface area (Å²) in [6.07, 6.45) is 4.33. The molecule has 0 bridgehead atoms. The van der Waals surface area contributed by atoms with Crippen molar-refractivity contribution in [3.05, 3.63) is 22.4 Å². The van der Waals surface area contributed by atoms with Crippen LogP contribution in [0.4, 0.5) is 0 Å². The molecule has 25 heavy (non-hydrogen) atoms. The molecule has 0 radical (unpaired) electrons. The lowest BCUT2D eigenvalue weighted by Gasteiger charge is -2.42. The molecule has 2 aliphatic heterocycles. The summed E-state index contributed by atoms with van der Waals surface area (Å²) in [4.78, 5) is 15.7. The number of hydrogen-bond donors (Lipinski definition) is 0. The van der Waals surface area contributed by atoms with Crippen molar-refractivity contribution in [3.8, 4) is 0 Å². The van der Waals surface area contributed by atoms with Gasteiger partial charge in [-0.3, -0.25) is 9.69 Å². The van der Waals surface area contributed by atoms with E-state index in [2.05, 4.69) is 21.7 Å². The molecule has 0 aromatic carbocycles. The number of likely N-dealkylation sites (tertiary alicyclic amines) is 1. The molecule has 1 atom stereocenters. The summed E-state index contributed by atoms with van der Waals surface area (Å²) < 4.78 is 11.8. The van der Waals surface area contributed by atoms with Crippen molar-refractivity contribution < 1.29 is 14.3 Å². The van der Waals surface area contributed by atoms with Gasteiger partial charge in [-0.2, -0.15) is 11.3 Å². The largest absolute Gasteiger partial charge is 0.375 e. The van der Waals surface area contributed by atoms with Gasteiger partial charge >= 0.3 is 0 Å². The van der Waals surface area contributed by atoms with Crippen molar-refractivity contribution in [1.29, 1.82) is 0 Å². The fourth-order valence-corrected chi connectivity index (χ4v) is 4.65. The van der Waals surface area contributed by atoms with Crippen molar-refractivity contribution in [2.24, 2.45) is 5.92 Å². The fourth-order valence-electron chi connectivity index (χ4n) is 3.99. The van der Waals surface area contributed by atoms with Crippen LogP contribution in [0.2, 0.25) is 0 Å². The third-order valence-corrected chi connectivity index (χ3v) is 6.36. The molecule has 0 unspecified atom stereocenters. The van der Waals surface area contributed by atoms with Crippen LogP contribution in [-0.2, 0) is 20.8 Å². The van der Waals surface area contributed by atoms with E-state index < -0.39 is 0 Å². The smallest absolute Gasteiger partial charge is 0.248 e. The third-order valence-electron chi connectivity index (χ3n) is 5.62. The van der Waals surface area contributed by atoms with Gasteiger partial charge in [-0.25, -0.2) is 0 Å². The highest BCUT2D eigenvalue weighted by molar-refractivity contribution is 7.07. The van der Waals surface area contributed by atoms with E-state index in [0.29, 0.717) is 12.5 Å². The van der Waals surface area contributed by atoms with Gasteiger partial charge in [-0.1, -0.05) is 0 Å². The van der Waals surface area contributed by atoms with Gasteiger partial charge in [0.25, 0.3) is 0 Å². The van der Waals surface area contributed by atoms with Gasteiger partial charge in [0.2, 0.25) is 5.91 Å². The maximum Gasteiger partial charge on any atom is 0.248 e. The maximum absolute atomic E-state index is 11.6. The number of nitrogens with zero attached hydrogens (tertiary/aromatic N) is 2. The first-order chi connectivity index (χ1) is 12.1. The molecule has 2 fully saturated rings. The zero-order chi connectivity index (χ0) is 17.7. The van der Waals surface area contributed by atoms with Crippen LogP contribution in [0.15, 0.2) is 16.8 Å². The number of likely N-dealkylation sites (N-methyl/N-ethyl adjacent to an activating group) is 1. The number of amides is 1. The van der Waals surface area contributed by atoms with E-state index in [1.807, 2.05) is 0 Å². The van der Waals surface area contributed by atoms with Crippen molar-refractivity contribution in [1.82, 2.24) is 9.80 Å². The van der Waals surface area contributed by atoms with Gasteiger partial charge in [0.1, 0.15) is 6.61 Å². The number of piperidine rings is 1. The predicted octanol–water partition coefficient (Wildman–Crippen LogP) is 2.61. The number of thiophene rings is 1. The zero-order valence-corrected chi connectivity index (χ0v) is 16.2. The van der Waals surface area contributed by atoms with Gasteiger partial charge in [0.15, 0.2) is 0 Å². The number of ether oxygens (including phenoxy) is 2. The topological polar surface area (TPSA) is 42.0 Å². The van der Waals surface area contributed by atoms with Gasteiger partial charge in [0.05, 0.1) is 5.60 Å². The molecule has 0 N–H and O–H groups in total. The van der Waals surface area contributed by atoms with Gasteiger partial charge in [-0.05, 0) is 54.0 Å². The number of hydrogen-bond acceptors (Lipinski definition) is 5. The second kappa shape index (κ2) is 8.62. The molecule has 140 valence electrons. The second-order valence-electron chi connectivity index (χ2n) is 7.44. The SMILES string of the molecule is CN(C)C(=O)COCC[C@H]1CCOC12CCN(Cc1ccsc1)CC2. The van der Waals surface area contributed by atoms with Crippen LogP contribution in [0.25, 0.3) is 0 Å². The summed E-state index contributed by atoms with van der Waals surface area (Å²) in [5, 5.41) is 4.39. The van der Waals surface area contributed by atoms with Crippen LogP contribution in [0.3, 0.4) is 0 Å². The second-order valence-corrected chi connectivity index (χ2v) is 8.22. The number of carbonyl (C=O) groups excluding carboxylic acids is 1. The van der Waals surface area contributed by atoms with E-state index in [9.17, 15) is 4.79 Å². The predicted molar refractivity (Wildman–Crippen MR) is 99.8 cm³/mol. The Morgan fingerprint density at radius 1 is 1.44 bits per heavy atom. The van der Waals surface area contributed by atoms with E-state index >= 15 is 0 Å². The lowest BCUT2D eigenvalue weighted by atomic mass is 9.78. The third kappa shape index (κ3) is 4.82. The molecular formula is C19H30N2O3S. The molecule has 6 heteroatoms.